The summed E-state index contributed by atoms with van der Waals surface area (Å²) in [5.41, 5.74) is 0.403. The van der Waals surface area contributed by atoms with Crippen molar-refractivity contribution >= 4 is 0 Å². The number of rotatable bonds is 5. The Balaban J connectivity index is 3.27. The van der Waals surface area contributed by atoms with Crippen molar-refractivity contribution in [3.63, 3.8) is 0 Å². The molecule has 96 valence electrons. The average Bonchev–Trinajstić information content (AvgIpc) is 2.32. The standard InChI is InChI=1S/C12H20N2O3/c1-5-12(3,17-4)11-13-8(2)9(6-7-15)10(16)14-11/h15H,5-7H2,1-4H3,(H,13,14,16). The van der Waals surface area contributed by atoms with Crippen LogP contribution in [0.3, 0.4) is 0 Å². The number of aliphatic hydroxyl groups excluding tert-OH is 1. The molecule has 2 N–H and O–H groups in total. The van der Waals surface area contributed by atoms with E-state index in [9.17, 15) is 4.79 Å². The summed E-state index contributed by atoms with van der Waals surface area (Å²) in [5, 5.41) is 8.88. The third-order valence-corrected chi connectivity index (χ3v) is 3.21. The van der Waals surface area contributed by atoms with Crippen LogP contribution >= 0.6 is 0 Å². The molecule has 0 radical (unpaired) electrons. The van der Waals surface area contributed by atoms with Gasteiger partial charge in [-0.05, 0) is 20.3 Å². The molecule has 17 heavy (non-hydrogen) atoms. The van der Waals surface area contributed by atoms with Gasteiger partial charge in [0.05, 0.1) is 0 Å². The number of nitrogens with zero attached hydrogens (tertiary/aromatic N) is 1. The minimum absolute atomic E-state index is 0.0553. The molecule has 0 amide bonds. The summed E-state index contributed by atoms with van der Waals surface area (Å²) in [6.45, 7) is 5.58. The van der Waals surface area contributed by atoms with Gasteiger partial charge in [-0.3, -0.25) is 4.79 Å². The molecule has 0 aliphatic carbocycles. The zero-order valence-electron chi connectivity index (χ0n) is 10.8. The highest BCUT2D eigenvalue weighted by molar-refractivity contribution is 5.18. The number of aryl methyl sites for hydroxylation is 1. The van der Waals surface area contributed by atoms with Gasteiger partial charge in [0.25, 0.3) is 5.56 Å². The molecule has 1 unspecified atom stereocenters. The minimum Gasteiger partial charge on any atom is -0.396 e. The first-order chi connectivity index (χ1) is 7.98. The van der Waals surface area contributed by atoms with Crippen molar-refractivity contribution in [2.75, 3.05) is 13.7 Å². The zero-order valence-corrected chi connectivity index (χ0v) is 10.8. The van der Waals surface area contributed by atoms with Crippen LogP contribution < -0.4 is 5.56 Å². The molecule has 0 fully saturated rings. The van der Waals surface area contributed by atoms with Crippen LogP contribution in [0.1, 0.15) is 37.4 Å². The molecule has 1 aromatic rings. The summed E-state index contributed by atoms with van der Waals surface area (Å²) in [7, 11) is 1.60. The molecule has 0 spiro atoms. The second-order valence-corrected chi connectivity index (χ2v) is 4.24. The molecule has 0 bridgehead atoms. The lowest BCUT2D eigenvalue weighted by molar-refractivity contribution is -0.00935. The van der Waals surface area contributed by atoms with E-state index in [1.807, 2.05) is 13.8 Å². The predicted octanol–water partition coefficient (Wildman–Crippen LogP) is 0.885. The van der Waals surface area contributed by atoms with Crippen molar-refractivity contribution in [3.8, 4) is 0 Å². The highest BCUT2D eigenvalue weighted by atomic mass is 16.5. The van der Waals surface area contributed by atoms with E-state index in [0.29, 0.717) is 29.9 Å². The van der Waals surface area contributed by atoms with E-state index in [4.69, 9.17) is 9.84 Å². The number of nitrogens with one attached hydrogen (secondary N) is 1. The maximum Gasteiger partial charge on any atom is 0.254 e. The minimum atomic E-state index is -0.582. The van der Waals surface area contributed by atoms with Gasteiger partial charge in [0.2, 0.25) is 0 Å². The second-order valence-electron chi connectivity index (χ2n) is 4.24. The van der Waals surface area contributed by atoms with Gasteiger partial charge in [-0.2, -0.15) is 0 Å². The summed E-state index contributed by atoms with van der Waals surface area (Å²) >= 11 is 0. The largest absolute Gasteiger partial charge is 0.396 e. The summed E-state index contributed by atoms with van der Waals surface area (Å²) in [4.78, 5) is 19.0. The van der Waals surface area contributed by atoms with Crippen LogP contribution in [0.4, 0.5) is 0 Å². The first-order valence-corrected chi connectivity index (χ1v) is 5.74. The lowest BCUT2D eigenvalue weighted by Gasteiger charge is -2.25. The van der Waals surface area contributed by atoms with Gasteiger partial charge in [-0.1, -0.05) is 6.92 Å². The maximum absolute atomic E-state index is 11.9. The Labute approximate surface area is 101 Å². The van der Waals surface area contributed by atoms with Crippen molar-refractivity contribution in [3.05, 3.63) is 27.4 Å². The Kier molecular flexibility index (Phi) is 4.42. The molecule has 1 atom stereocenters. The molecular formula is C12H20N2O3. The lowest BCUT2D eigenvalue weighted by atomic mass is 10.0. The zero-order chi connectivity index (χ0) is 13.1. The van der Waals surface area contributed by atoms with Gasteiger partial charge in [-0.25, -0.2) is 4.98 Å². The normalized spacial score (nSPS) is 14.6. The number of hydrogen-bond donors (Lipinski definition) is 2. The van der Waals surface area contributed by atoms with Gasteiger partial charge in [-0.15, -0.1) is 0 Å². The first kappa shape index (κ1) is 13.9. The lowest BCUT2D eigenvalue weighted by Crippen LogP contribution is -2.31. The monoisotopic (exact) mass is 240 g/mol. The van der Waals surface area contributed by atoms with Crippen molar-refractivity contribution in [2.45, 2.75) is 39.2 Å². The summed E-state index contributed by atoms with van der Waals surface area (Å²) in [5.74, 6) is 0.534. The number of aliphatic hydroxyl groups is 1. The average molecular weight is 240 g/mol. The van der Waals surface area contributed by atoms with Crippen LogP contribution in [-0.2, 0) is 16.8 Å². The van der Waals surface area contributed by atoms with E-state index >= 15 is 0 Å². The fourth-order valence-electron chi connectivity index (χ4n) is 1.68. The molecule has 0 saturated carbocycles. The first-order valence-electron chi connectivity index (χ1n) is 5.74. The van der Waals surface area contributed by atoms with Crippen LogP contribution in [0.2, 0.25) is 0 Å². The molecule has 1 aromatic heterocycles. The van der Waals surface area contributed by atoms with Crippen molar-refractivity contribution in [2.24, 2.45) is 0 Å². The summed E-state index contributed by atoms with van der Waals surface area (Å²) < 4.78 is 5.40. The van der Waals surface area contributed by atoms with Gasteiger partial charge in [0, 0.05) is 31.4 Å². The van der Waals surface area contributed by atoms with Crippen molar-refractivity contribution < 1.29 is 9.84 Å². The molecule has 5 nitrogen and oxygen atoms in total. The van der Waals surface area contributed by atoms with Crippen molar-refractivity contribution in [1.82, 2.24) is 9.97 Å². The Morgan fingerprint density at radius 3 is 2.59 bits per heavy atom. The Morgan fingerprint density at radius 2 is 2.18 bits per heavy atom. The third-order valence-electron chi connectivity index (χ3n) is 3.21. The molecular weight excluding hydrogens is 220 g/mol. The number of H-pyrrole nitrogens is 1. The molecule has 5 heteroatoms. The summed E-state index contributed by atoms with van der Waals surface area (Å²) in [6.07, 6.45) is 1.04. The number of hydrogen-bond acceptors (Lipinski definition) is 4. The van der Waals surface area contributed by atoms with Gasteiger partial charge in [0.15, 0.2) is 0 Å². The van der Waals surface area contributed by atoms with Crippen molar-refractivity contribution in [1.29, 1.82) is 0 Å². The third kappa shape index (κ3) is 2.73. The van der Waals surface area contributed by atoms with Gasteiger partial charge < -0.3 is 14.8 Å². The van der Waals surface area contributed by atoms with E-state index in [-0.39, 0.29) is 12.2 Å². The molecule has 0 aliphatic heterocycles. The van der Waals surface area contributed by atoms with Crippen LogP contribution in [0, 0.1) is 6.92 Å². The fourth-order valence-corrected chi connectivity index (χ4v) is 1.68. The highest BCUT2D eigenvalue weighted by Crippen LogP contribution is 2.24. The van der Waals surface area contributed by atoms with E-state index < -0.39 is 5.60 Å². The molecule has 0 saturated heterocycles. The summed E-state index contributed by atoms with van der Waals surface area (Å²) in [6, 6.07) is 0. The predicted molar refractivity (Wildman–Crippen MR) is 65.0 cm³/mol. The number of methoxy groups -OCH3 is 1. The molecule has 0 aromatic carbocycles. The van der Waals surface area contributed by atoms with Gasteiger partial charge >= 0.3 is 0 Å². The van der Waals surface area contributed by atoms with Crippen LogP contribution in [-0.4, -0.2) is 28.8 Å². The number of aromatic amines is 1. The highest BCUT2D eigenvalue weighted by Gasteiger charge is 2.27. The maximum atomic E-state index is 11.9. The fraction of sp³-hybridized carbons (Fsp3) is 0.667. The van der Waals surface area contributed by atoms with E-state index in [2.05, 4.69) is 9.97 Å². The molecule has 0 aliphatic rings. The van der Waals surface area contributed by atoms with Gasteiger partial charge in [0.1, 0.15) is 11.4 Å². The SMILES string of the molecule is CCC(C)(OC)c1nc(C)c(CCO)c(=O)[nH]1. The van der Waals surface area contributed by atoms with Crippen LogP contribution in [0.15, 0.2) is 4.79 Å². The number of aromatic nitrogens is 2. The van der Waals surface area contributed by atoms with E-state index in [1.165, 1.54) is 0 Å². The Bertz CT molecular complexity index is 436. The van der Waals surface area contributed by atoms with Crippen LogP contribution in [0.5, 0.6) is 0 Å². The molecule has 1 rings (SSSR count). The quantitative estimate of drug-likeness (QED) is 0.801. The number of ether oxygens (including phenoxy) is 1. The second kappa shape index (κ2) is 5.42. The van der Waals surface area contributed by atoms with Crippen LogP contribution in [0.25, 0.3) is 0 Å². The Morgan fingerprint density at radius 1 is 1.53 bits per heavy atom. The van der Waals surface area contributed by atoms with E-state index in [1.54, 1.807) is 14.0 Å². The topological polar surface area (TPSA) is 75.2 Å². The smallest absolute Gasteiger partial charge is 0.254 e. The Hall–Kier alpha value is -1.20. The van der Waals surface area contributed by atoms with E-state index in [0.717, 1.165) is 0 Å². The molecule has 1 heterocycles.